The molecule has 1 saturated heterocycles. The van der Waals surface area contributed by atoms with Gasteiger partial charge in [0.2, 0.25) is 5.91 Å². The van der Waals surface area contributed by atoms with Crippen molar-refractivity contribution < 1.29 is 9.53 Å². The summed E-state index contributed by atoms with van der Waals surface area (Å²) >= 11 is 0. The Balaban J connectivity index is 1.92. The Morgan fingerprint density at radius 2 is 2.04 bits per heavy atom. The van der Waals surface area contributed by atoms with Gasteiger partial charge in [0.05, 0.1) is 18.7 Å². The van der Waals surface area contributed by atoms with Crippen LogP contribution >= 0.6 is 0 Å². The predicted molar refractivity (Wildman–Crippen MR) is 86.3 cm³/mol. The second-order valence-corrected chi connectivity index (χ2v) is 5.80. The van der Waals surface area contributed by atoms with E-state index in [2.05, 4.69) is 4.98 Å². The fourth-order valence-corrected chi connectivity index (χ4v) is 3.06. The first-order valence-corrected chi connectivity index (χ1v) is 8.03. The summed E-state index contributed by atoms with van der Waals surface area (Å²) in [5.41, 5.74) is 1.08. The number of piperidine rings is 1. The number of amides is 1. The van der Waals surface area contributed by atoms with E-state index in [1.165, 1.54) is 11.0 Å². The van der Waals surface area contributed by atoms with Crippen LogP contribution in [-0.2, 0) is 22.6 Å². The molecule has 1 fully saturated rings. The van der Waals surface area contributed by atoms with Gasteiger partial charge >= 0.3 is 5.69 Å². The van der Waals surface area contributed by atoms with Crippen LogP contribution in [0.25, 0.3) is 11.2 Å². The maximum Gasteiger partial charge on any atom is 0.330 e. The number of carbonyl (C=O) groups excluding carboxylic acids is 1. The number of fused-ring (bicyclic) bond motifs is 1. The normalized spacial score (nSPS) is 15.3. The molecule has 1 amide bonds. The van der Waals surface area contributed by atoms with Gasteiger partial charge in [-0.1, -0.05) is 0 Å². The van der Waals surface area contributed by atoms with Gasteiger partial charge in [-0.05, 0) is 31.4 Å². The van der Waals surface area contributed by atoms with Gasteiger partial charge < -0.3 is 9.64 Å². The molecule has 23 heavy (non-hydrogen) atoms. The lowest BCUT2D eigenvalue weighted by Crippen LogP contribution is -2.39. The molecule has 0 bridgehead atoms. The topological polar surface area (TPSA) is 69.4 Å². The van der Waals surface area contributed by atoms with Crippen molar-refractivity contribution in [1.29, 1.82) is 0 Å². The number of pyridine rings is 1. The highest BCUT2D eigenvalue weighted by Gasteiger charge is 2.20. The molecule has 0 N–H and O–H groups in total. The van der Waals surface area contributed by atoms with Crippen molar-refractivity contribution in [2.75, 3.05) is 26.8 Å². The smallest absolute Gasteiger partial charge is 0.330 e. The van der Waals surface area contributed by atoms with Gasteiger partial charge in [-0.15, -0.1) is 0 Å². The minimum absolute atomic E-state index is 0.00134. The number of methoxy groups -OCH3 is 1. The van der Waals surface area contributed by atoms with Crippen LogP contribution < -0.4 is 5.69 Å². The van der Waals surface area contributed by atoms with Crippen LogP contribution in [0.4, 0.5) is 0 Å². The maximum absolute atomic E-state index is 12.7. The Labute approximate surface area is 134 Å². The third-order valence-electron chi connectivity index (χ3n) is 4.30. The quantitative estimate of drug-likeness (QED) is 0.820. The van der Waals surface area contributed by atoms with Gasteiger partial charge in [0.15, 0.2) is 5.65 Å². The van der Waals surface area contributed by atoms with Crippen molar-refractivity contribution in [2.24, 2.45) is 0 Å². The van der Waals surface area contributed by atoms with Crippen LogP contribution in [0.1, 0.15) is 19.3 Å². The molecule has 2 aromatic rings. The highest BCUT2D eigenvalue weighted by molar-refractivity contribution is 5.79. The molecule has 2 aromatic heterocycles. The van der Waals surface area contributed by atoms with E-state index < -0.39 is 0 Å². The molecule has 1 aliphatic heterocycles. The fraction of sp³-hybridized carbons (Fsp3) is 0.562. The lowest BCUT2D eigenvalue weighted by molar-refractivity contribution is -0.132. The zero-order valence-corrected chi connectivity index (χ0v) is 13.4. The molecule has 0 unspecified atom stereocenters. The fourth-order valence-electron chi connectivity index (χ4n) is 3.06. The third kappa shape index (κ3) is 3.14. The number of hydrogen-bond acceptors (Lipinski definition) is 4. The van der Waals surface area contributed by atoms with Crippen LogP contribution in [0, 0.1) is 0 Å². The summed E-state index contributed by atoms with van der Waals surface area (Å²) in [6.07, 6.45) is 4.90. The van der Waals surface area contributed by atoms with E-state index in [1.807, 2.05) is 11.0 Å². The van der Waals surface area contributed by atoms with Crippen LogP contribution in [0.2, 0.25) is 0 Å². The summed E-state index contributed by atoms with van der Waals surface area (Å²) < 4.78 is 8.16. The van der Waals surface area contributed by atoms with Crippen molar-refractivity contribution in [1.82, 2.24) is 19.0 Å². The lowest BCUT2D eigenvalue weighted by Gasteiger charge is -2.26. The highest BCUT2D eigenvalue weighted by Crippen LogP contribution is 2.13. The molecule has 3 heterocycles. The molecular weight excluding hydrogens is 296 g/mol. The van der Waals surface area contributed by atoms with E-state index in [-0.39, 0.29) is 18.1 Å². The van der Waals surface area contributed by atoms with Crippen molar-refractivity contribution in [3.63, 3.8) is 0 Å². The zero-order chi connectivity index (χ0) is 16.2. The Kier molecular flexibility index (Phi) is 4.76. The molecule has 1 aliphatic rings. The van der Waals surface area contributed by atoms with Gasteiger partial charge in [-0.3, -0.25) is 13.9 Å². The monoisotopic (exact) mass is 318 g/mol. The molecule has 124 valence electrons. The average molecular weight is 318 g/mol. The van der Waals surface area contributed by atoms with Gasteiger partial charge in [0, 0.05) is 26.4 Å². The van der Waals surface area contributed by atoms with E-state index >= 15 is 0 Å². The van der Waals surface area contributed by atoms with Crippen LogP contribution in [0.3, 0.4) is 0 Å². The average Bonchev–Trinajstić information content (AvgIpc) is 2.86. The van der Waals surface area contributed by atoms with Crippen LogP contribution in [0.15, 0.2) is 23.1 Å². The van der Waals surface area contributed by atoms with Gasteiger partial charge in [-0.2, -0.15) is 0 Å². The molecule has 7 heteroatoms. The minimum Gasteiger partial charge on any atom is -0.383 e. The molecule has 7 nitrogen and oxygen atoms in total. The summed E-state index contributed by atoms with van der Waals surface area (Å²) in [5, 5.41) is 0. The third-order valence-corrected chi connectivity index (χ3v) is 4.30. The van der Waals surface area contributed by atoms with Gasteiger partial charge in [-0.25, -0.2) is 9.78 Å². The first-order chi connectivity index (χ1) is 11.2. The van der Waals surface area contributed by atoms with E-state index in [4.69, 9.17) is 4.74 Å². The maximum atomic E-state index is 12.7. The largest absolute Gasteiger partial charge is 0.383 e. The van der Waals surface area contributed by atoms with Crippen LogP contribution in [0.5, 0.6) is 0 Å². The number of aromatic nitrogens is 3. The van der Waals surface area contributed by atoms with E-state index in [0.717, 1.165) is 25.9 Å². The number of carbonyl (C=O) groups is 1. The van der Waals surface area contributed by atoms with E-state index in [0.29, 0.717) is 24.3 Å². The molecular formula is C16H22N4O3. The molecule has 0 aromatic carbocycles. The predicted octanol–water partition coefficient (Wildman–Crippen LogP) is 0.857. The Morgan fingerprint density at radius 3 is 2.78 bits per heavy atom. The van der Waals surface area contributed by atoms with Crippen molar-refractivity contribution >= 4 is 17.1 Å². The Hall–Kier alpha value is -2.15. The number of ether oxygens (including phenoxy) is 1. The zero-order valence-electron chi connectivity index (χ0n) is 13.4. The molecule has 0 radical (unpaired) electrons. The minimum atomic E-state index is -0.207. The molecule has 0 aliphatic carbocycles. The summed E-state index contributed by atoms with van der Waals surface area (Å²) in [4.78, 5) is 31.3. The van der Waals surface area contributed by atoms with Gasteiger partial charge in [0.1, 0.15) is 6.54 Å². The van der Waals surface area contributed by atoms with Crippen molar-refractivity contribution in [3.05, 3.63) is 28.8 Å². The highest BCUT2D eigenvalue weighted by atomic mass is 16.5. The van der Waals surface area contributed by atoms with Crippen LogP contribution in [-0.4, -0.2) is 51.7 Å². The molecule has 0 saturated carbocycles. The summed E-state index contributed by atoms with van der Waals surface area (Å²) in [6, 6.07) is 3.61. The Morgan fingerprint density at radius 1 is 1.26 bits per heavy atom. The number of nitrogens with zero attached hydrogens (tertiary/aromatic N) is 4. The number of imidazole rings is 1. The van der Waals surface area contributed by atoms with Crippen molar-refractivity contribution in [3.8, 4) is 0 Å². The second-order valence-electron chi connectivity index (χ2n) is 5.80. The summed E-state index contributed by atoms with van der Waals surface area (Å²) in [5.74, 6) is 0.00134. The lowest BCUT2D eigenvalue weighted by atomic mass is 10.1. The van der Waals surface area contributed by atoms with Crippen molar-refractivity contribution in [2.45, 2.75) is 32.4 Å². The van der Waals surface area contributed by atoms with E-state index in [9.17, 15) is 9.59 Å². The SMILES string of the molecule is COCCn1c(=O)n(CC(=O)N2CCCCC2)c2cccnc21. The second kappa shape index (κ2) is 6.95. The summed E-state index contributed by atoms with van der Waals surface area (Å²) in [7, 11) is 1.59. The first-order valence-electron chi connectivity index (χ1n) is 8.03. The standard InChI is InChI=1S/C16H22N4O3/c1-23-11-10-19-15-13(6-5-7-17-15)20(16(19)22)12-14(21)18-8-3-2-4-9-18/h5-7H,2-4,8-12H2,1H3. The molecule has 0 atom stereocenters. The summed E-state index contributed by atoms with van der Waals surface area (Å²) in [6.45, 7) is 2.49. The van der Waals surface area contributed by atoms with E-state index in [1.54, 1.807) is 23.9 Å². The number of hydrogen-bond donors (Lipinski definition) is 0. The number of rotatable bonds is 5. The number of likely N-dealkylation sites (tertiary alicyclic amines) is 1. The molecule has 0 spiro atoms. The Bertz CT molecular complexity index is 743. The first kappa shape index (κ1) is 15.7. The molecule has 3 rings (SSSR count). The van der Waals surface area contributed by atoms with Gasteiger partial charge in [0.25, 0.3) is 0 Å².